The first kappa shape index (κ1) is 16.3. The van der Waals surface area contributed by atoms with Crippen molar-refractivity contribution in [1.82, 2.24) is 10.6 Å². The third-order valence-electron chi connectivity index (χ3n) is 3.61. The van der Waals surface area contributed by atoms with E-state index in [9.17, 15) is 9.59 Å². The largest absolute Gasteiger partial charge is 0.354 e. The van der Waals surface area contributed by atoms with E-state index < -0.39 is 5.38 Å². The van der Waals surface area contributed by atoms with Gasteiger partial charge in [0, 0.05) is 19.5 Å². The molecule has 0 radical (unpaired) electrons. The fourth-order valence-corrected chi connectivity index (χ4v) is 2.50. The number of carbonyl (C=O) groups excluding carboxylic acids is 2. The molecule has 0 aliphatic heterocycles. The normalized spacial score (nSPS) is 17.8. The van der Waals surface area contributed by atoms with Crippen molar-refractivity contribution in [3.63, 3.8) is 0 Å². The Morgan fingerprint density at radius 2 is 1.79 bits per heavy atom. The zero-order valence-corrected chi connectivity index (χ0v) is 12.5. The number of hydrogen-bond acceptors (Lipinski definition) is 2. The Morgan fingerprint density at radius 1 is 1.16 bits per heavy atom. The van der Waals surface area contributed by atoms with Gasteiger partial charge in [0.05, 0.1) is 0 Å². The van der Waals surface area contributed by atoms with E-state index in [1.54, 1.807) is 6.92 Å². The molecule has 1 fully saturated rings. The average molecular weight is 289 g/mol. The van der Waals surface area contributed by atoms with Gasteiger partial charge in [-0.2, -0.15) is 0 Å². The Hall–Kier alpha value is -0.770. The van der Waals surface area contributed by atoms with Crippen LogP contribution in [0.2, 0.25) is 0 Å². The molecular weight excluding hydrogens is 264 g/mol. The van der Waals surface area contributed by atoms with E-state index in [0.717, 1.165) is 12.3 Å². The van der Waals surface area contributed by atoms with Gasteiger partial charge in [0.2, 0.25) is 11.8 Å². The molecule has 1 unspecified atom stereocenters. The monoisotopic (exact) mass is 288 g/mol. The summed E-state index contributed by atoms with van der Waals surface area (Å²) in [5, 5.41) is 4.95. The highest BCUT2D eigenvalue weighted by Gasteiger charge is 2.14. The molecule has 0 spiro atoms. The standard InChI is InChI=1S/C14H25ClN2O2/c1-11(15)14(19)17-10-9-16-13(18)8-7-12-5-3-2-4-6-12/h11-12H,2-10H2,1H3,(H,16,18)(H,17,19). The number of rotatable bonds is 7. The van der Waals surface area contributed by atoms with Crippen LogP contribution >= 0.6 is 11.6 Å². The van der Waals surface area contributed by atoms with Crippen LogP contribution in [0.25, 0.3) is 0 Å². The molecule has 19 heavy (non-hydrogen) atoms. The molecule has 1 atom stereocenters. The zero-order chi connectivity index (χ0) is 14.1. The summed E-state index contributed by atoms with van der Waals surface area (Å²) in [4.78, 5) is 22.8. The van der Waals surface area contributed by atoms with Crippen LogP contribution in [0.15, 0.2) is 0 Å². The minimum absolute atomic E-state index is 0.0822. The van der Waals surface area contributed by atoms with Crippen molar-refractivity contribution < 1.29 is 9.59 Å². The van der Waals surface area contributed by atoms with Crippen molar-refractivity contribution >= 4 is 23.4 Å². The molecule has 0 aromatic carbocycles. The van der Waals surface area contributed by atoms with Gasteiger partial charge in [-0.15, -0.1) is 11.6 Å². The van der Waals surface area contributed by atoms with Gasteiger partial charge < -0.3 is 10.6 Å². The minimum atomic E-state index is -0.526. The summed E-state index contributed by atoms with van der Waals surface area (Å²) in [5.41, 5.74) is 0. The number of hydrogen-bond donors (Lipinski definition) is 2. The second kappa shape index (κ2) is 9.18. The van der Waals surface area contributed by atoms with Gasteiger partial charge in [-0.3, -0.25) is 9.59 Å². The molecule has 1 aliphatic carbocycles. The molecule has 0 heterocycles. The molecule has 0 aromatic heterocycles. The van der Waals surface area contributed by atoms with E-state index >= 15 is 0 Å². The van der Waals surface area contributed by atoms with Crippen LogP contribution in [0.3, 0.4) is 0 Å². The number of carbonyl (C=O) groups is 2. The third kappa shape index (κ3) is 7.41. The summed E-state index contributed by atoms with van der Waals surface area (Å²) in [6.07, 6.45) is 8.13. The molecule has 1 aliphatic rings. The molecule has 5 heteroatoms. The van der Waals surface area contributed by atoms with Crippen LogP contribution in [0.1, 0.15) is 51.9 Å². The van der Waals surface area contributed by atoms with Crippen LogP contribution in [-0.2, 0) is 9.59 Å². The smallest absolute Gasteiger partial charge is 0.237 e. The lowest BCUT2D eigenvalue weighted by Crippen LogP contribution is -2.37. The number of alkyl halides is 1. The third-order valence-corrected chi connectivity index (χ3v) is 3.81. The van der Waals surface area contributed by atoms with Crippen molar-refractivity contribution in [2.75, 3.05) is 13.1 Å². The predicted octanol–water partition coefficient (Wildman–Crippen LogP) is 2.21. The molecule has 2 N–H and O–H groups in total. The lowest BCUT2D eigenvalue weighted by Gasteiger charge is -2.21. The van der Waals surface area contributed by atoms with Gasteiger partial charge in [-0.25, -0.2) is 0 Å². The molecule has 1 saturated carbocycles. The van der Waals surface area contributed by atoms with Crippen molar-refractivity contribution in [1.29, 1.82) is 0 Å². The fraction of sp³-hybridized carbons (Fsp3) is 0.857. The van der Waals surface area contributed by atoms with E-state index in [1.165, 1.54) is 32.1 Å². The van der Waals surface area contributed by atoms with Crippen LogP contribution in [0.4, 0.5) is 0 Å². The Bertz CT molecular complexity index is 289. The molecule has 0 aromatic rings. The van der Waals surface area contributed by atoms with Crippen molar-refractivity contribution in [2.24, 2.45) is 5.92 Å². The van der Waals surface area contributed by atoms with E-state index in [1.807, 2.05) is 0 Å². The van der Waals surface area contributed by atoms with Gasteiger partial charge in [0.15, 0.2) is 0 Å². The Morgan fingerprint density at radius 3 is 2.42 bits per heavy atom. The second-order valence-electron chi connectivity index (χ2n) is 5.30. The first-order chi connectivity index (χ1) is 9.09. The summed E-state index contributed by atoms with van der Waals surface area (Å²) >= 11 is 5.61. The molecule has 1 rings (SSSR count). The zero-order valence-electron chi connectivity index (χ0n) is 11.7. The van der Waals surface area contributed by atoms with Gasteiger partial charge in [-0.05, 0) is 19.3 Å². The summed E-state index contributed by atoms with van der Waals surface area (Å²) < 4.78 is 0. The summed E-state index contributed by atoms with van der Waals surface area (Å²) in [6.45, 7) is 2.53. The second-order valence-corrected chi connectivity index (χ2v) is 5.95. The van der Waals surface area contributed by atoms with E-state index in [-0.39, 0.29) is 11.8 Å². The van der Waals surface area contributed by atoms with Crippen molar-refractivity contribution in [3.05, 3.63) is 0 Å². The maximum absolute atomic E-state index is 11.6. The molecular formula is C14H25ClN2O2. The molecule has 2 amide bonds. The number of nitrogens with one attached hydrogen (secondary N) is 2. The topological polar surface area (TPSA) is 58.2 Å². The highest BCUT2D eigenvalue weighted by Crippen LogP contribution is 2.27. The Kier molecular flexibility index (Phi) is 7.87. The predicted molar refractivity (Wildman–Crippen MR) is 77.1 cm³/mol. The lowest BCUT2D eigenvalue weighted by atomic mass is 9.86. The minimum Gasteiger partial charge on any atom is -0.354 e. The summed E-state index contributed by atoms with van der Waals surface area (Å²) in [5.74, 6) is 0.619. The number of halogens is 1. The Balaban J connectivity index is 2.00. The van der Waals surface area contributed by atoms with Crippen LogP contribution in [0.5, 0.6) is 0 Å². The van der Waals surface area contributed by atoms with Gasteiger partial charge in [0.25, 0.3) is 0 Å². The van der Waals surface area contributed by atoms with Crippen LogP contribution in [0, 0.1) is 5.92 Å². The van der Waals surface area contributed by atoms with Crippen LogP contribution < -0.4 is 10.6 Å². The average Bonchev–Trinajstić information content (AvgIpc) is 2.42. The summed E-state index contributed by atoms with van der Waals surface area (Å²) in [7, 11) is 0. The Labute approximate surface area is 120 Å². The highest BCUT2D eigenvalue weighted by molar-refractivity contribution is 6.30. The van der Waals surface area contributed by atoms with E-state index in [2.05, 4.69) is 10.6 Å². The van der Waals surface area contributed by atoms with E-state index in [0.29, 0.717) is 19.5 Å². The maximum atomic E-state index is 11.6. The highest BCUT2D eigenvalue weighted by atomic mass is 35.5. The molecule has 0 saturated heterocycles. The van der Waals surface area contributed by atoms with Crippen molar-refractivity contribution in [2.45, 2.75) is 57.2 Å². The van der Waals surface area contributed by atoms with Gasteiger partial charge in [0.1, 0.15) is 5.38 Å². The summed E-state index contributed by atoms with van der Waals surface area (Å²) in [6, 6.07) is 0. The molecule has 0 bridgehead atoms. The first-order valence-electron chi connectivity index (χ1n) is 7.28. The SMILES string of the molecule is CC(Cl)C(=O)NCCNC(=O)CCC1CCCCC1. The van der Waals surface area contributed by atoms with E-state index in [4.69, 9.17) is 11.6 Å². The molecule has 110 valence electrons. The number of amides is 2. The van der Waals surface area contributed by atoms with Crippen LogP contribution in [-0.4, -0.2) is 30.3 Å². The fourth-order valence-electron chi connectivity index (χ4n) is 2.43. The first-order valence-corrected chi connectivity index (χ1v) is 7.71. The lowest BCUT2D eigenvalue weighted by molar-refractivity contribution is -0.122. The van der Waals surface area contributed by atoms with Gasteiger partial charge >= 0.3 is 0 Å². The maximum Gasteiger partial charge on any atom is 0.237 e. The molecule has 4 nitrogen and oxygen atoms in total. The van der Waals surface area contributed by atoms with Crippen molar-refractivity contribution in [3.8, 4) is 0 Å². The van der Waals surface area contributed by atoms with Gasteiger partial charge in [-0.1, -0.05) is 32.1 Å². The quantitative estimate of drug-likeness (QED) is 0.557.